The number of nitrogens with zero attached hydrogens (tertiary/aromatic N) is 3. The van der Waals surface area contributed by atoms with Crippen LogP contribution in [0.5, 0.6) is 6.01 Å². The first-order valence-electron chi connectivity index (χ1n) is 9.22. The number of amides is 1. The standard InChI is InChI=1S/C20H22FN3O3/c21-17-4-1-3-16(11-17)18(25)24-13-20(14-24)12-15(6-10-27-20)5-9-26-19-22-7-2-8-23-19/h1-4,7-8,11,15H,5-6,9-10,12-14H2/t15-/m1/s1. The van der Waals surface area contributed by atoms with Crippen molar-refractivity contribution in [2.45, 2.75) is 24.9 Å². The van der Waals surface area contributed by atoms with Gasteiger partial charge in [0, 0.05) is 24.6 Å². The Morgan fingerprint density at radius 3 is 2.89 bits per heavy atom. The van der Waals surface area contributed by atoms with Crippen LogP contribution < -0.4 is 4.74 Å². The quantitative estimate of drug-likeness (QED) is 0.809. The highest BCUT2D eigenvalue weighted by molar-refractivity contribution is 5.94. The average Bonchev–Trinajstić information content (AvgIpc) is 2.66. The van der Waals surface area contributed by atoms with Crippen molar-refractivity contribution in [1.82, 2.24) is 14.9 Å². The van der Waals surface area contributed by atoms with Crippen LogP contribution in [0, 0.1) is 11.7 Å². The summed E-state index contributed by atoms with van der Waals surface area (Å²) in [5.41, 5.74) is 0.114. The van der Waals surface area contributed by atoms with E-state index in [1.165, 1.54) is 12.1 Å². The highest BCUT2D eigenvalue weighted by Gasteiger charge is 2.49. The fraction of sp³-hybridized carbons (Fsp3) is 0.450. The second kappa shape index (κ2) is 7.60. The van der Waals surface area contributed by atoms with Gasteiger partial charge in [0.2, 0.25) is 0 Å². The first-order chi connectivity index (χ1) is 13.1. The molecule has 1 amide bonds. The number of rotatable bonds is 5. The van der Waals surface area contributed by atoms with Gasteiger partial charge in [-0.3, -0.25) is 4.79 Å². The first-order valence-corrected chi connectivity index (χ1v) is 9.22. The van der Waals surface area contributed by atoms with E-state index in [9.17, 15) is 9.18 Å². The van der Waals surface area contributed by atoms with Crippen LogP contribution in [-0.2, 0) is 4.74 Å². The van der Waals surface area contributed by atoms with E-state index in [1.807, 2.05) is 0 Å². The van der Waals surface area contributed by atoms with Gasteiger partial charge < -0.3 is 14.4 Å². The molecule has 0 unspecified atom stereocenters. The third-order valence-electron chi connectivity index (χ3n) is 5.21. The van der Waals surface area contributed by atoms with Crippen LogP contribution in [0.25, 0.3) is 0 Å². The minimum Gasteiger partial charge on any atom is -0.463 e. The van der Waals surface area contributed by atoms with Crippen LogP contribution in [0.2, 0.25) is 0 Å². The molecule has 4 rings (SSSR count). The lowest BCUT2D eigenvalue weighted by molar-refractivity contribution is -0.166. The first kappa shape index (κ1) is 17.9. The van der Waals surface area contributed by atoms with Gasteiger partial charge in [0.05, 0.1) is 19.7 Å². The van der Waals surface area contributed by atoms with Crippen molar-refractivity contribution in [2.24, 2.45) is 5.92 Å². The molecule has 2 fully saturated rings. The Labute approximate surface area is 157 Å². The summed E-state index contributed by atoms with van der Waals surface area (Å²) < 4.78 is 24.9. The number of likely N-dealkylation sites (tertiary alicyclic amines) is 1. The Bertz CT molecular complexity index is 796. The number of carbonyl (C=O) groups is 1. The molecule has 0 aliphatic carbocycles. The third kappa shape index (κ3) is 4.08. The van der Waals surface area contributed by atoms with Gasteiger partial charge in [-0.25, -0.2) is 14.4 Å². The summed E-state index contributed by atoms with van der Waals surface area (Å²) in [4.78, 5) is 22.3. The second-order valence-electron chi connectivity index (χ2n) is 7.23. The Hall–Kier alpha value is -2.54. The molecular formula is C20H22FN3O3. The zero-order chi connectivity index (χ0) is 18.7. The average molecular weight is 371 g/mol. The van der Waals surface area contributed by atoms with Crippen molar-refractivity contribution in [1.29, 1.82) is 0 Å². The highest BCUT2D eigenvalue weighted by atomic mass is 19.1. The summed E-state index contributed by atoms with van der Waals surface area (Å²) in [7, 11) is 0. The molecule has 1 atom stereocenters. The minimum atomic E-state index is -0.396. The second-order valence-corrected chi connectivity index (χ2v) is 7.23. The molecule has 0 N–H and O–H groups in total. The molecule has 2 aliphatic rings. The van der Waals surface area contributed by atoms with Crippen LogP contribution in [0.15, 0.2) is 42.7 Å². The Kier molecular flexibility index (Phi) is 5.03. The summed E-state index contributed by atoms with van der Waals surface area (Å²) in [5.74, 6) is -0.0586. The van der Waals surface area contributed by atoms with Crippen LogP contribution >= 0.6 is 0 Å². The van der Waals surface area contributed by atoms with Crippen LogP contribution in [0.4, 0.5) is 4.39 Å². The van der Waals surface area contributed by atoms with E-state index in [0.29, 0.717) is 43.8 Å². The van der Waals surface area contributed by atoms with Gasteiger partial charge in [-0.15, -0.1) is 0 Å². The molecule has 0 radical (unpaired) electrons. The van der Waals surface area contributed by atoms with E-state index in [1.54, 1.807) is 35.5 Å². The van der Waals surface area contributed by atoms with Gasteiger partial charge in [0.25, 0.3) is 5.91 Å². The topological polar surface area (TPSA) is 64.6 Å². The maximum absolute atomic E-state index is 13.3. The molecule has 2 saturated heterocycles. The summed E-state index contributed by atoms with van der Waals surface area (Å²) >= 11 is 0. The van der Waals surface area contributed by atoms with E-state index >= 15 is 0 Å². The minimum absolute atomic E-state index is 0.143. The fourth-order valence-electron chi connectivity index (χ4n) is 3.87. The van der Waals surface area contributed by atoms with Gasteiger partial charge >= 0.3 is 6.01 Å². The predicted molar refractivity (Wildman–Crippen MR) is 95.9 cm³/mol. The summed E-state index contributed by atoms with van der Waals surface area (Å²) in [5, 5.41) is 0. The molecule has 142 valence electrons. The molecular weight excluding hydrogens is 349 g/mol. The van der Waals surface area contributed by atoms with Gasteiger partial charge in [0.1, 0.15) is 11.4 Å². The lowest BCUT2D eigenvalue weighted by Crippen LogP contribution is -2.66. The van der Waals surface area contributed by atoms with Gasteiger partial charge in [0.15, 0.2) is 0 Å². The zero-order valence-corrected chi connectivity index (χ0v) is 15.0. The molecule has 7 heteroatoms. The van der Waals surface area contributed by atoms with Crippen molar-refractivity contribution < 1.29 is 18.7 Å². The van der Waals surface area contributed by atoms with Crippen LogP contribution in [0.3, 0.4) is 0 Å². The van der Waals surface area contributed by atoms with E-state index in [4.69, 9.17) is 9.47 Å². The van der Waals surface area contributed by atoms with Crippen molar-refractivity contribution in [3.63, 3.8) is 0 Å². The third-order valence-corrected chi connectivity index (χ3v) is 5.21. The maximum atomic E-state index is 13.3. The molecule has 2 aromatic rings. The molecule has 1 spiro atoms. The number of halogens is 1. The molecule has 1 aromatic carbocycles. The fourth-order valence-corrected chi connectivity index (χ4v) is 3.87. The maximum Gasteiger partial charge on any atom is 0.316 e. The largest absolute Gasteiger partial charge is 0.463 e. The number of carbonyl (C=O) groups excluding carboxylic acids is 1. The van der Waals surface area contributed by atoms with Crippen molar-refractivity contribution >= 4 is 5.91 Å². The lowest BCUT2D eigenvalue weighted by atomic mass is 9.79. The Morgan fingerprint density at radius 1 is 1.30 bits per heavy atom. The number of ether oxygens (including phenoxy) is 2. The molecule has 0 saturated carbocycles. The van der Waals surface area contributed by atoms with E-state index in [-0.39, 0.29) is 11.5 Å². The molecule has 1 aromatic heterocycles. The zero-order valence-electron chi connectivity index (χ0n) is 15.0. The summed E-state index contributed by atoms with van der Waals surface area (Å²) in [6.07, 6.45) is 6.10. The van der Waals surface area contributed by atoms with E-state index < -0.39 is 5.82 Å². The number of aromatic nitrogens is 2. The number of benzene rings is 1. The monoisotopic (exact) mass is 371 g/mol. The van der Waals surface area contributed by atoms with Crippen molar-refractivity contribution in [3.05, 3.63) is 54.1 Å². The number of hydrogen-bond acceptors (Lipinski definition) is 5. The molecule has 2 aliphatic heterocycles. The lowest BCUT2D eigenvalue weighted by Gasteiger charge is -2.53. The highest BCUT2D eigenvalue weighted by Crippen LogP contribution is 2.38. The van der Waals surface area contributed by atoms with Crippen LogP contribution in [-0.4, -0.2) is 52.7 Å². The Balaban J connectivity index is 1.27. The Morgan fingerprint density at radius 2 is 2.11 bits per heavy atom. The van der Waals surface area contributed by atoms with Crippen molar-refractivity contribution in [3.8, 4) is 6.01 Å². The summed E-state index contributed by atoms with van der Waals surface area (Å²) in [6, 6.07) is 7.97. The van der Waals surface area contributed by atoms with Gasteiger partial charge in [-0.2, -0.15) is 0 Å². The number of hydrogen-bond donors (Lipinski definition) is 0. The predicted octanol–water partition coefficient (Wildman–Crippen LogP) is 2.71. The van der Waals surface area contributed by atoms with Gasteiger partial charge in [-0.05, 0) is 49.4 Å². The van der Waals surface area contributed by atoms with Crippen LogP contribution in [0.1, 0.15) is 29.6 Å². The van der Waals surface area contributed by atoms with Gasteiger partial charge in [-0.1, -0.05) is 6.07 Å². The molecule has 0 bridgehead atoms. The van der Waals surface area contributed by atoms with E-state index in [0.717, 1.165) is 19.3 Å². The molecule has 27 heavy (non-hydrogen) atoms. The van der Waals surface area contributed by atoms with Crippen molar-refractivity contribution in [2.75, 3.05) is 26.3 Å². The molecule has 3 heterocycles. The van der Waals surface area contributed by atoms with E-state index in [2.05, 4.69) is 9.97 Å². The smallest absolute Gasteiger partial charge is 0.316 e. The SMILES string of the molecule is O=C(c1cccc(F)c1)N1CC2(C[C@H](CCOc3ncccn3)CCO2)C1. The normalized spacial score (nSPS) is 20.9. The molecule has 6 nitrogen and oxygen atoms in total. The summed E-state index contributed by atoms with van der Waals surface area (Å²) in [6.45, 7) is 2.37.